The zero-order valence-electron chi connectivity index (χ0n) is 10.0. The Hall–Kier alpha value is -2.47. The number of hydrogen-bond acceptors (Lipinski definition) is 4. The first-order valence-corrected chi connectivity index (χ1v) is 5.52. The van der Waals surface area contributed by atoms with E-state index in [0.717, 1.165) is 17.1 Å². The Balaban J connectivity index is 0.00000147. The second-order valence-corrected chi connectivity index (χ2v) is 3.98. The molecule has 0 unspecified atom stereocenters. The van der Waals surface area contributed by atoms with Gasteiger partial charge in [-0.3, -0.25) is 20.0 Å². The van der Waals surface area contributed by atoms with Crippen LogP contribution >= 0.6 is 12.4 Å². The lowest BCUT2D eigenvalue weighted by atomic mass is 10.1. The summed E-state index contributed by atoms with van der Waals surface area (Å²) in [7, 11) is 0. The monoisotopic (exact) mass is 293 g/mol. The molecular formula is C13H9ClFN3O2. The quantitative estimate of drug-likeness (QED) is 0.863. The Morgan fingerprint density at radius 3 is 2.35 bits per heavy atom. The molecule has 1 aromatic heterocycles. The van der Waals surface area contributed by atoms with Crippen molar-refractivity contribution in [2.75, 3.05) is 5.43 Å². The van der Waals surface area contributed by atoms with Crippen LogP contribution in [0.3, 0.4) is 0 Å². The number of halogens is 2. The lowest BCUT2D eigenvalue weighted by molar-refractivity contribution is 0.0691. The van der Waals surface area contributed by atoms with E-state index in [1.165, 1.54) is 18.5 Å². The lowest BCUT2D eigenvalue weighted by Crippen LogP contribution is -2.35. The molecular weight excluding hydrogens is 285 g/mol. The summed E-state index contributed by atoms with van der Waals surface area (Å²) in [6, 6.07) is 6.75. The normalized spacial score (nSPS) is 12.9. The number of hydrazine groups is 1. The Bertz CT molecular complexity index is 679. The minimum atomic E-state index is -0.573. The largest absolute Gasteiger partial charge is 0.288 e. The number of anilines is 1. The number of amides is 2. The van der Waals surface area contributed by atoms with E-state index < -0.39 is 17.6 Å². The van der Waals surface area contributed by atoms with Gasteiger partial charge in [-0.05, 0) is 30.3 Å². The van der Waals surface area contributed by atoms with Crippen LogP contribution in [0.15, 0.2) is 42.7 Å². The molecule has 1 aliphatic heterocycles. The Morgan fingerprint density at radius 1 is 1.00 bits per heavy atom. The summed E-state index contributed by atoms with van der Waals surface area (Å²) in [4.78, 5) is 27.9. The van der Waals surface area contributed by atoms with Crippen molar-refractivity contribution in [2.24, 2.45) is 0 Å². The molecule has 2 heterocycles. The van der Waals surface area contributed by atoms with Gasteiger partial charge in [0.05, 0.1) is 16.8 Å². The molecule has 3 rings (SSSR count). The summed E-state index contributed by atoms with van der Waals surface area (Å²) in [5.41, 5.74) is 3.47. The van der Waals surface area contributed by atoms with Gasteiger partial charge in [0.15, 0.2) is 0 Å². The molecule has 20 heavy (non-hydrogen) atoms. The third-order valence-corrected chi connectivity index (χ3v) is 2.77. The average molecular weight is 294 g/mol. The number of nitrogens with one attached hydrogen (secondary N) is 1. The van der Waals surface area contributed by atoms with Crippen molar-refractivity contribution in [3.8, 4) is 0 Å². The Morgan fingerprint density at radius 2 is 1.65 bits per heavy atom. The number of pyridine rings is 1. The minimum absolute atomic E-state index is 0. The molecule has 1 aromatic carbocycles. The molecule has 0 radical (unpaired) electrons. The van der Waals surface area contributed by atoms with E-state index in [4.69, 9.17) is 0 Å². The standard InChI is InChI=1S/C13H8FN3O2.ClH/c14-8-1-2-10-11(7-8)13(19)17(12(10)18)16-9-3-5-15-6-4-9;/h1-7H,(H,15,16);1H. The topological polar surface area (TPSA) is 62.3 Å². The van der Waals surface area contributed by atoms with Crippen LogP contribution < -0.4 is 5.43 Å². The molecule has 0 spiro atoms. The van der Waals surface area contributed by atoms with Gasteiger partial charge in [-0.15, -0.1) is 12.4 Å². The smallest absolute Gasteiger partial charge is 0.280 e. The number of aromatic nitrogens is 1. The second kappa shape index (κ2) is 5.26. The number of nitrogens with zero attached hydrogens (tertiary/aromatic N) is 2. The second-order valence-electron chi connectivity index (χ2n) is 3.98. The van der Waals surface area contributed by atoms with E-state index >= 15 is 0 Å². The van der Waals surface area contributed by atoms with Crippen LogP contribution in [0.2, 0.25) is 0 Å². The van der Waals surface area contributed by atoms with Crippen LogP contribution in [0.5, 0.6) is 0 Å². The first-order chi connectivity index (χ1) is 9.16. The summed E-state index contributed by atoms with van der Waals surface area (Å²) >= 11 is 0. The van der Waals surface area contributed by atoms with Gasteiger partial charge in [-0.2, -0.15) is 5.01 Å². The van der Waals surface area contributed by atoms with E-state index in [0.29, 0.717) is 5.69 Å². The van der Waals surface area contributed by atoms with Crippen molar-refractivity contribution < 1.29 is 14.0 Å². The number of imide groups is 1. The molecule has 2 aromatic rings. The fourth-order valence-electron chi connectivity index (χ4n) is 1.87. The molecule has 7 heteroatoms. The first-order valence-electron chi connectivity index (χ1n) is 5.52. The van der Waals surface area contributed by atoms with E-state index in [1.807, 2.05) is 0 Å². The lowest BCUT2D eigenvalue weighted by Gasteiger charge is -2.15. The highest BCUT2D eigenvalue weighted by Crippen LogP contribution is 2.24. The van der Waals surface area contributed by atoms with Crippen LogP contribution in [0.25, 0.3) is 0 Å². The van der Waals surface area contributed by atoms with Crippen molar-refractivity contribution in [1.29, 1.82) is 0 Å². The van der Waals surface area contributed by atoms with E-state index in [1.54, 1.807) is 12.1 Å². The van der Waals surface area contributed by atoms with Crippen molar-refractivity contribution in [3.63, 3.8) is 0 Å². The van der Waals surface area contributed by atoms with Gasteiger partial charge < -0.3 is 0 Å². The molecule has 102 valence electrons. The van der Waals surface area contributed by atoms with E-state index in [2.05, 4.69) is 10.4 Å². The molecule has 0 bridgehead atoms. The summed E-state index contributed by atoms with van der Waals surface area (Å²) in [5, 5.41) is 0.861. The zero-order chi connectivity index (χ0) is 13.4. The van der Waals surface area contributed by atoms with Crippen LogP contribution in [-0.4, -0.2) is 21.8 Å². The SMILES string of the molecule is Cl.O=C1c2ccc(F)cc2C(=O)N1Nc1ccncc1. The molecule has 5 nitrogen and oxygen atoms in total. The van der Waals surface area contributed by atoms with Gasteiger partial charge in [0.25, 0.3) is 11.8 Å². The Labute approximate surface area is 119 Å². The molecule has 0 saturated heterocycles. The van der Waals surface area contributed by atoms with Gasteiger partial charge in [0, 0.05) is 12.4 Å². The summed E-state index contributed by atoms with van der Waals surface area (Å²) in [6.07, 6.45) is 3.06. The summed E-state index contributed by atoms with van der Waals surface area (Å²) in [5.74, 6) is -1.63. The number of hydrogen-bond donors (Lipinski definition) is 1. The Kier molecular flexibility index (Phi) is 3.67. The van der Waals surface area contributed by atoms with Gasteiger partial charge in [-0.25, -0.2) is 4.39 Å². The number of carbonyl (C=O) groups excluding carboxylic acids is 2. The first kappa shape index (κ1) is 14.0. The highest BCUT2D eigenvalue weighted by atomic mass is 35.5. The van der Waals surface area contributed by atoms with Crippen molar-refractivity contribution in [1.82, 2.24) is 9.99 Å². The molecule has 0 saturated carbocycles. The van der Waals surface area contributed by atoms with Crippen molar-refractivity contribution in [2.45, 2.75) is 0 Å². The fourth-order valence-corrected chi connectivity index (χ4v) is 1.87. The maximum absolute atomic E-state index is 13.1. The van der Waals surface area contributed by atoms with Gasteiger partial charge in [-0.1, -0.05) is 0 Å². The van der Waals surface area contributed by atoms with Gasteiger partial charge in [0.1, 0.15) is 5.82 Å². The van der Waals surface area contributed by atoms with Crippen molar-refractivity contribution >= 4 is 29.9 Å². The number of benzene rings is 1. The van der Waals surface area contributed by atoms with Crippen LogP contribution in [0, 0.1) is 5.82 Å². The van der Waals surface area contributed by atoms with Gasteiger partial charge in [0.2, 0.25) is 0 Å². The zero-order valence-corrected chi connectivity index (χ0v) is 10.9. The average Bonchev–Trinajstić information content (AvgIpc) is 2.65. The molecule has 0 fully saturated rings. The highest BCUT2D eigenvalue weighted by Gasteiger charge is 2.36. The molecule has 0 aliphatic carbocycles. The third-order valence-electron chi connectivity index (χ3n) is 2.77. The molecule has 1 aliphatic rings. The number of rotatable bonds is 2. The van der Waals surface area contributed by atoms with Gasteiger partial charge >= 0.3 is 0 Å². The minimum Gasteiger partial charge on any atom is -0.288 e. The number of fused-ring (bicyclic) bond motifs is 1. The highest BCUT2D eigenvalue weighted by molar-refractivity contribution is 6.21. The predicted molar refractivity (Wildman–Crippen MR) is 72.0 cm³/mol. The number of carbonyl (C=O) groups is 2. The molecule has 1 N–H and O–H groups in total. The van der Waals surface area contributed by atoms with E-state index in [-0.39, 0.29) is 23.5 Å². The fraction of sp³-hybridized carbons (Fsp3) is 0. The third kappa shape index (κ3) is 2.21. The van der Waals surface area contributed by atoms with E-state index in [9.17, 15) is 14.0 Å². The maximum Gasteiger partial charge on any atom is 0.280 e. The van der Waals surface area contributed by atoms with Crippen LogP contribution in [0.4, 0.5) is 10.1 Å². The summed E-state index contributed by atoms with van der Waals surface area (Å²) in [6.45, 7) is 0. The van der Waals surface area contributed by atoms with Crippen LogP contribution in [0.1, 0.15) is 20.7 Å². The summed E-state index contributed by atoms with van der Waals surface area (Å²) < 4.78 is 13.1. The van der Waals surface area contributed by atoms with Crippen LogP contribution in [-0.2, 0) is 0 Å². The maximum atomic E-state index is 13.1. The molecule has 2 amide bonds. The molecule has 0 atom stereocenters. The van der Waals surface area contributed by atoms with Crippen molar-refractivity contribution in [3.05, 3.63) is 59.7 Å². The predicted octanol–water partition coefficient (Wildman–Crippen LogP) is 2.27.